The van der Waals surface area contributed by atoms with Crippen molar-refractivity contribution >= 4 is 29.1 Å². The minimum atomic E-state index is -0.462. The highest BCUT2D eigenvalue weighted by atomic mass is 16.2. The number of nitrogens with one attached hydrogen (secondary N) is 2. The van der Waals surface area contributed by atoms with E-state index in [9.17, 15) is 14.4 Å². The van der Waals surface area contributed by atoms with Crippen LogP contribution in [0.3, 0.4) is 0 Å². The molecule has 0 aliphatic carbocycles. The van der Waals surface area contributed by atoms with Crippen LogP contribution in [0.2, 0.25) is 0 Å². The molecule has 1 aliphatic rings. The molecule has 5 rings (SSSR count). The molecular weight excluding hydrogens is 504 g/mol. The number of nitrogens with zero attached hydrogens (tertiary/aromatic N) is 4. The Morgan fingerprint density at radius 3 is 2.52 bits per heavy atom. The molecule has 0 bridgehead atoms. The molecule has 0 fully saturated rings. The fourth-order valence-corrected chi connectivity index (χ4v) is 4.72. The Morgan fingerprint density at radius 1 is 1.00 bits per heavy atom. The summed E-state index contributed by atoms with van der Waals surface area (Å²) in [5, 5.41) is 19.1. The molecule has 2 N–H and O–H groups in total. The van der Waals surface area contributed by atoms with Crippen LogP contribution < -0.4 is 15.5 Å². The number of rotatable bonds is 8. The third kappa shape index (κ3) is 5.61. The average Bonchev–Trinajstić information content (AvgIpc) is 3.43. The first-order chi connectivity index (χ1) is 19.5. The minimum Gasteiger partial charge on any atom is -0.352 e. The van der Waals surface area contributed by atoms with Gasteiger partial charge in [-0.15, -0.1) is 0 Å². The molecule has 3 aromatic carbocycles. The van der Waals surface area contributed by atoms with Crippen LogP contribution in [0, 0.1) is 11.3 Å². The lowest BCUT2D eigenvalue weighted by Crippen LogP contribution is -2.41. The van der Waals surface area contributed by atoms with Crippen molar-refractivity contribution < 1.29 is 14.4 Å². The van der Waals surface area contributed by atoms with E-state index in [0.717, 1.165) is 22.4 Å². The second-order valence-electron chi connectivity index (χ2n) is 9.48. The lowest BCUT2D eigenvalue weighted by molar-refractivity contribution is -0.120. The zero-order valence-electron chi connectivity index (χ0n) is 22.1. The average molecular weight is 533 g/mol. The SMILES string of the molecule is CCC(=O)NCc1ccccc1Cc1ccc(N2CCn3ncc(C(=O)Nc4cccc(C#N)c4)c3C2=O)cc1. The Kier molecular flexibility index (Phi) is 7.69. The van der Waals surface area contributed by atoms with Gasteiger partial charge in [0.1, 0.15) is 5.69 Å². The van der Waals surface area contributed by atoms with Gasteiger partial charge in [0.25, 0.3) is 11.8 Å². The maximum atomic E-state index is 13.5. The Bertz CT molecular complexity index is 1620. The lowest BCUT2D eigenvalue weighted by Gasteiger charge is -2.28. The molecule has 0 saturated heterocycles. The molecule has 0 atom stereocenters. The predicted octanol–water partition coefficient (Wildman–Crippen LogP) is 4.28. The van der Waals surface area contributed by atoms with Gasteiger partial charge in [-0.1, -0.05) is 49.4 Å². The zero-order valence-corrected chi connectivity index (χ0v) is 22.1. The molecule has 0 saturated carbocycles. The van der Waals surface area contributed by atoms with Crippen molar-refractivity contribution in [1.82, 2.24) is 15.1 Å². The highest BCUT2D eigenvalue weighted by molar-refractivity contribution is 6.15. The lowest BCUT2D eigenvalue weighted by atomic mass is 9.99. The normalized spacial score (nSPS) is 12.4. The van der Waals surface area contributed by atoms with Crippen LogP contribution in [-0.4, -0.2) is 34.0 Å². The van der Waals surface area contributed by atoms with Crippen molar-refractivity contribution in [2.75, 3.05) is 16.8 Å². The van der Waals surface area contributed by atoms with E-state index < -0.39 is 5.91 Å². The first-order valence-corrected chi connectivity index (χ1v) is 13.1. The predicted molar refractivity (Wildman–Crippen MR) is 151 cm³/mol. The summed E-state index contributed by atoms with van der Waals surface area (Å²) in [4.78, 5) is 39.9. The fourth-order valence-electron chi connectivity index (χ4n) is 4.72. The number of carbonyl (C=O) groups excluding carboxylic acids is 3. The van der Waals surface area contributed by atoms with Crippen molar-refractivity contribution in [3.05, 3.63) is 113 Å². The number of hydrogen-bond acceptors (Lipinski definition) is 5. The summed E-state index contributed by atoms with van der Waals surface area (Å²) in [5.41, 5.74) is 5.30. The van der Waals surface area contributed by atoms with E-state index in [1.807, 2.05) is 55.5 Å². The number of benzene rings is 3. The van der Waals surface area contributed by atoms with Gasteiger partial charge in [0.15, 0.2) is 0 Å². The number of carbonyl (C=O) groups is 3. The Labute approximate surface area is 232 Å². The largest absolute Gasteiger partial charge is 0.352 e. The topological polar surface area (TPSA) is 120 Å². The van der Waals surface area contributed by atoms with Crippen molar-refractivity contribution in [2.45, 2.75) is 32.9 Å². The Hall–Kier alpha value is -5.23. The number of amides is 3. The number of fused-ring (bicyclic) bond motifs is 1. The summed E-state index contributed by atoms with van der Waals surface area (Å²) < 4.78 is 1.56. The van der Waals surface area contributed by atoms with E-state index in [0.29, 0.717) is 43.7 Å². The molecule has 9 heteroatoms. The van der Waals surface area contributed by atoms with E-state index in [4.69, 9.17) is 5.26 Å². The van der Waals surface area contributed by atoms with E-state index in [1.54, 1.807) is 33.8 Å². The fraction of sp³-hybridized carbons (Fsp3) is 0.194. The van der Waals surface area contributed by atoms with Crippen LogP contribution in [0.4, 0.5) is 11.4 Å². The summed E-state index contributed by atoms with van der Waals surface area (Å²) in [6, 6.07) is 24.5. The smallest absolute Gasteiger partial charge is 0.277 e. The number of hydrogen-bond donors (Lipinski definition) is 2. The summed E-state index contributed by atoms with van der Waals surface area (Å²) in [6.45, 7) is 3.20. The molecule has 1 aliphatic heterocycles. The van der Waals surface area contributed by atoms with Crippen molar-refractivity contribution in [1.29, 1.82) is 5.26 Å². The van der Waals surface area contributed by atoms with Crippen molar-refractivity contribution in [2.24, 2.45) is 0 Å². The first-order valence-electron chi connectivity index (χ1n) is 13.1. The van der Waals surface area contributed by atoms with Crippen molar-refractivity contribution in [3.63, 3.8) is 0 Å². The molecule has 2 heterocycles. The number of aromatic nitrogens is 2. The maximum absolute atomic E-state index is 13.5. The Balaban J connectivity index is 1.30. The second kappa shape index (κ2) is 11.7. The second-order valence-corrected chi connectivity index (χ2v) is 9.48. The van der Waals surface area contributed by atoms with Crippen LogP contribution in [0.15, 0.2) is 79.0 Å². The standard InChI is InChI=1S/C31H28N6O3/c1-2-28(38)33-19-24-8-4-3-7-23(24)16-21-10-12-26(13-11-21)36-14-15-37-29(31(36)40)27(20-34-37)30(39)35-25-9-5-6-22(17-25)18-32/h3-13,17,20H,2,14-16,19H2,1H3,(H,33,38)(H,35,39). The third-order valence-electron chi connectivity index (χ3n) is 6.87. The summed E-state index contributed by atoms with van der Waals surface area (Å²) in [6.07, 6.45) is 2.54. The molecule has 0 radical (unpaired) electrons. The highest BCUT2D eigenvalue weighted by Gasteiger charge is 2.32. The van der Waals surface area contributed by atoms with Gasteiger partial charge in [-0.2, -0.15) is 10.4 Å². The molecule has 1 aromatic heterocycles. The van der Waals surface area contributed by atoms with Crippen LogP contribution in [0.25, 0.3) is 0 Å². The first kappa shape index (κ1) is 26.4. The van der Waals surface area contributed by atoms with E-state index in [-0.39, 0.29) is 23.1 Å². The Morgan fingerprint density at radius 2 is 1.77 bits per heavy atom. The van der Waals surface area contributed by atoms with Crippen LogP contribution in [0.5, 0.6) is 0 Å². The van der Waals surface area contributed by atoms with Crippen LogP contribution >= 0.6 is 0 Å². The maximum Gasteiger partial charge on any atom is 0.277 e. The van der Waals surface area contributed by atoms with Gasteiger partial charge in [-0.25, -0.2) is 0 Å². The summed E-state index contributed by atoms with van der Waals surface area (Å²) >= 11 is 0. The van der Waals surface area contributed by atoms with Crippen LogP contribution in [-0.2, 0) is 24.3 Å². The summed E-state index contributed by atoms with van der Waals surface area (Å²) in [5.74, 6) is -0.749. The molecule has 40 heavy (non-hydrogen) atoms. The van der Waals surface area contributed by atoms with E-state index in [1.165, 1.54) is 6.20 Å². The highest BCUT2D eigenvalue weighted by Crippen LogP contribution is 2.25. The third-order valence-corrected chi connectivity index (χ3v) is 6.87. The molecular formula is C31H28N6O3. The van der Waals surface area contributed by atoms with Gasteiger partial charge in [-0.05, 0) is 53.4 Å². The van der Waals surface area contributed by atoms with E-state index >= 15 is 0 Å². The molecule has 0 spiro atoms. The molecule has 0 unspecified atom stereocenters. The number of anilines is 2. The van der Waals surface area contributed by atoms with Gasteiger partial charge in [0, 0.05) is 30.9 Å². The van der Waals surface area contributed by atoms with Gasteiger partial charge >= 0.3 is 0 Å². The molecule has 4 aromatic rings. The van der Waals surface area contributed by atoms with Gasteiger partial charge in [0.05, 0.1) is 29.9 Å². The minimum absolute atomic E-state index is 0.0144. The van der Waals surface area contributed by atoms with E-state index in [2.05, 4.69) is 21.8 Å². The molecule has 9 nitrogen and oxygen atoms in total. The molecule has 3 amide bonds. The van der Waals surface area contributed by atoms with Gasteiger partial charge < -0.3 is 15.5 Å². The molecule has 200 valence electrons. The van der Waals surface area contributed by atoms with Gasteiger partial charge in [-0.3, -0.25) is 19.1 Å². The van der Waals surface area contributed by atoms with Crippen LogP contribution in [0.1, 0.15) is 56.4 Å². The zero-order chi connectivity index (χ0) is 28.1. The quantitative estimate of drug-likeness (QED) is 0.351. The number of nitriles is 1. The van der Waals surface area contributed by atoms with Crippen molar-refractivity contribution in [3.8, 4) is 6.07 Å². The summed E-state index contributed by atoms with van der Waals surface area (Å²) in [7, 11) is 0. The van der Waals surface area contributed by atoms with Gasteiger partial charge in [0.2, 0.25) is 5.91 Å². The monoisotopic (exact) mass is 532 g/mol.